The van der Waals surface area contributed by atoms with Gasteiger partial charge in [-0.2, -0.15) is 0 Å². The van der Waals surface area contributed by atoms with Gasteiger partial charge in [0.25, 0.3) is 0 Å². The lowest BCUT2D eigenvalue weighted by Crippen LogP contribution is -2.42. The van der Waals surface area contributed by atoms with Crippen molar-refractivity contribution < 1.29 is 48.0 Å². The molecule has 0 saturated carbocycles. The van der Waals surface area contributed by atoms with Gasteiger partial charge < -0.3 is 38.4 Å². The van der Waals surface area contributed by atoms with E-state index < -0.39 is 53.3 Å². The summed E-state index contributed by atoms with van der Waals surface area (Å²) in [5.41, 5.74) is -1.77. The zero-order chi connectivity index (χ0) is 39.3. The average Bonchev–Trinajstić information content (AvgIpc) is 3.45. The lowest BCUT2D eigenvalue weighted by atomic mass is 9.79. The van der Waals surface area contributed by atoms with Crippen molar-refractivity contribution in [2.75, 3.05) is 0 Å². The number of cyclic esters (lactones) is 2. The number of rotatable bonds is 6. The fourth-order valence-corrected chi connectivity index (χ4v) is 5.53. The highest BCUT2D eigenvalue weighted by atomic mass is 16.6. The molecule has 0 spiro atoms. The Labute approximate surface area is 316 Å². The van der Waals surface area contributed by atoms with Crippen LogP contribution in [0.15, 0.2) is 113 Å². The van der Waals surface area contributed by atoms with Crippen LogP contribution in [0.25, 0.3) is 6.08 Å². The third kappa shape index (κ3) is 11.8. The molecule has 1 saturated heterocycles. The molecule has 7 unspecified atom stereocenters. The zero-order valence-corrected chi connectivity index (χ0v) is 31.6. The molecule has 0 aromatic carbocycles. The number of aliphatic hydroxyl groups is 3. The molecular formula is C42H52N2O10. The molecule has 54 heavy (non-hydrogen) atoms. The van der Waals surface area contributed by atoms with Crippen LogP contribution in [0.2, 0.25) is 0 Å². The van der Waals surface area contributed by atoms with E-state index >= 15 is 0 Å². The summed E-state index contributed by atoms with van der Waals surface area (Å²) in [6, 6.07) is 0. The van der Waals surface area contributed by atoms with Gasteiger partial charge in [0.05, 0.1) is 24.7 Å². The molecule has 12 nitrogen and oxygen atoms in total. The number of carbonyl (C=O) groups is 2. The molecule has 3 N–H and O–H groups in total. The summed E-state index contributed by atoms with van der Waals surface area (Å²) in [5.74, 6) is -1.04. The molecular weight excluding hydrogens is 692 g/mol. The van der Waals surface area contributed by atoms with Crippen molar-refractivity contribution in [3.63, 3.8) is 0 Å². The molecule has 4 bridgehead atoms. The van der Waals surface area contributed by atoms with E-state index in [1.165, 1.54) is 12.5 Å². The highest BCUT2D eigenvalue weighted by Gasteiger charge is 2.40. The maximum atomic E-state index is 13.2. The van der Waals surface area contributed by atoms with Crippen LogP contribution in [0.4, 0.5) is 0 Å². The van der Waals surface area contributed by atoms with Crippen LogP contribution in [0.3, 0.4) is 0 Å². The number of oxazole rings is 2. The Hall–Kier alpha value is -4.88. The molecule has 7 atom stereocenters. The third-order valence-corrected chi connectivity index (χ3v) is 9.35. The zero-order valence-electron chi connectivity index (χ0n) is 31.6. The Morgan fingerprint density at radius 2 is 1.28 bits per heavy atom. The van der Waals surface area contributed by atoms with Crippen LogP contribution in [0.5, 0.6) is 0 Å². The van der Waals surface area contributed by atoms with E-state index in [0.29, 0.717) is 12.8 Å². The van der Waals surface area contributed by atoms with E-state index in [1.54, 1.807) is 86.8 Å². The minimum Gasteiger partial charge on any atom is -0.457 e. The summed E-state index contributed by atoms with van der Waals surface area (Å²) in [6.45, 7) is 10.9. The summed E-state index contributed by atoms with van der Waals surface area (Å²) >= 11 is 0. The monoisotopic (exact) mass is 744 g/mol. The Balaban J connectivity index is 1.56. The van der Waals surface area contributed by atoms with Gasteiger partial charge in [-0.25, -0.2) is 19.6 Å². The number of nitrogens with zero attached hydrogens (tertiary/aromatic N) is 2. The van der Waals surface area contributed by atoms with Gasteiger partial charge in [-0.05, 0) is 13.8 Å². The average molecular weight is 745 g/mol. The number of ether oxygens (including phenoxy) is 3. The van der Waals surface area contributed by atoms with Gasteiger partial charge in [-0.15, -0.1) is 0 Å². The highest BCUT2D eigenvalue weighted by Crippen LogP contribution is 2.34. The highest BCUT2D eigenvalue weighted by molar-refractivity contribution is 5.87. The van der Waals surface area contributed by atoms with E-state index in [-0.39, 0.29) is 41.8 Å². The number of allylic oxidation sites excluding steroid dienone is 8. The first-order chi connectivity index (χ1) is 25.8. The molecule has 4 heterocycles. The number of carbonyl (C=O) groups excluding carboxylic acids is 2. The van der Waals surface area contributed by atoms with Gasteiger partial charge in [-0.1, -0.05) is 119 Å². The molecule has 1 fully saturated rings. The van der Waals surface area contributed by atoms with Gasteiger partial charge in [-0.3, -0.25) is 0 Å². The quantitative estimate of drug-likeness (QED) is 0.164. The van der Waals surface area contributed by atoms with Gasteiger partial charge in [0.15, 0.2) is 17.3 Å². The van der Waals surface area contributed by atoms with Crippen molar-refractivity contribution in [1.29, 1.82) is 0 Å². The van der Waals surface area contributed by atoms with Crippen LogP contribution in [0.1, 0.15) is 87.1 Å². The van der Waals surface area contributed by atoms with E-state index in [9.17, 15) is 24.9 Å². The summed E-state index contributed by atoms with van der Waals surface area (Å²) in [5, 5.41) is 32.3. The minimum absolute atomic E-state index is 0.00530. The number of aliphatic hydroxyl groups excluding tert-OH is 3. The summed E-state index contributed by atoms with van der Waals surface area (Å²) in [7, 11) is 0. The number of epoxide rings is 1. The summed E-state index contributed by atoms with van der Waals surface area (Å²) in [4.78, 5) is 34.9. The lowest BCUT2D eigenvalue weighted by molar-refractivity contribution is -0.0461. The van der Waals surface area contributed by atoms with Crippen LogP contribution in [-0.4, -0.2) is 80.0 Å². The predicted molar refractivity (Wildman–Crippen MR) is 203 cm³/mol. The van der Waals surface area contributed by atoms with E-state index in [0.717, 1.165) is 0 Å². The molecule has 0 amide bonds. The smallest absolute Gasteiger partial charge is 0.360 e. The third-order valence-electron chi connectivity index (χ3n) is 9.35. The van der Waals surface area contributed by atoms with Crippen molar-refractivity contribution in [3.8, 4) is 0 Å². The first-order valence-corrected chi connectivity index (χ1v) is 18.0. The van der Waals surface area contributed by atoms with Gasteiger partial charge >= 0.3 is 11.9 Å². The van der Waals surface area contributed by atoms with Crippen molar-refractivity contribution in [1.82, 2.24) is 9.97 Å². The number of hydrogen-bond acceptors (Lipinski definition) is 12. The van der Waals surface area contributed by atoms with Crippen molar-refractivity contribution >= 4 is 18.0 Å². The number of hydrogen-bond donors (Lipinski definition) is 3. The van der Waals surface area contributed by atoms with Gasteiger partial charge in [0.2, 0.25) is 5.89 Å². The Bertz CT molecular complexity index is 1790. The van der Waals surface area contributed by atoms with Crippen LogP contribution >= 0.6 is 0 Å². The van der Waals surface area contributed by atoms with E-state index in [1.807, 2.05) is 52.0 Å². The topological polar surface area (TPSA) is 178 Å². The second-order valence-electron chi connectivity index (χ2n) is 14.2. The fourth-order valence-electron chi connectivity index (χ4n) is 5.53. The molecule has 0 aliphatic carbocycles. The lowest BCUT2D eigenvalue weighted by Gasteiger charge is -2.36. The largest absolute Gasteiger partial charge is 0.457 e. The van der Waals surface area contributed by atoms with Gasteiger partial charge in [0.1, 0.15) is 36.9 Å². The number of aromatic nitrogens is 2. The number of fused-ring (bicyclic) bond motifs is 5. The maximum Gasteiger partial charge on any atom is 0.360 e. The normalized spacial score (nSPS) is 28.0. The Kier molecular flexibility index (Phi) is 15.1. The molecule has 2 aromatic rings. The van der Waals surface area contributed by atoms with E-state index in [2.05, 4.69) is 9.97 Å². The second kappa shape index (κ2) is 19.4. The molecule has 12 heteroatoms. The SMILES string of the molecule is C/C=C/C(O)C(C)(C)C1C\C=C/C=C\C=C/C(O)Cc2nc(co2)C(=O)OC(C(C)(C)C(O)/C=C/C)C/C=C\C2OC2/C=C\C=Cc2nc(co2)C(=O)O1. The summed E-state index contributed by atoms with van der Waals surface area (Å²) < 4.78 is 28.5. The number of esters is 2. The molecule has 2 aliphatic rings. The predicted octanol–water partition coefficient (Wildman–Crippen LogP) is 6.60. The summed E-state index contributed by atoms with van der Waals surface area (Å²) in [6.07, 6.45) is 26.2. The van der Waals surface area contributed by atoms with Gasteiger partial charge in [0, 0.05) is 29.7 Å². The van der Waals surface area contributed by atoms with Crippen LogP contribution < -0.4 is 0 Å². The Morgan fingerprint density at radius 1 is 0.722 bits per heavy atom. The maximum absolute atomic E-state index is 13.2. The first kappa shape index (κ1) is 41.9. The van der Waals surface area contributed by atoms with E-state index in [4.69, 9.17) is 23.0 Å². The van der Waals surface area contributed by atoms with Crippen molar-refractivity contribution in [2.24, 2.45) is 10.8 Å². The second-order valence-corrected chi connectivity index (χ2v) is 14.2. The fraction of sp³-hybridized carbons (Fsp3) is 0.429. The molecule has 2 aliphatic heterocycles. The molecule has 290 valence electrons. The molecule has 0 radical (unpaired) electrons. The molecule has 2 aromatic heterocycles. The van der Waals surface area contributed by atoms with Crippen LogP contribution in [-0.2, 0) is 20.6 Å². The minimum atomic E-state index is -0.956. The standard InChI is InChI=1S/C42H52N2O10/c1-7-17-33(46)41(3,4)35-22-13-11-9-10-12-19-28(45)25-38-44-30(27-51-38)40(49)54-36(42(5,6)34(47)18-8-2)23-16-21-32-31(52-32)20-14-15-24-37-43-29(26-50-37)39(48)53-35/h7-21,24,26-28,31-36,45-47H,22-23,25H2,1-6H3/b10-9-,13-11-,17-7+,18-8+,19-12-,20-14-,21-16-,24-15?. The van der Waals surface area contributed by atoms with Crippen LogP contribution in [0, 0.1) is 10.8 Å². The van der Waals surface area contributed by atoms with Crippen molar-refractivity contribution in [3.05, 3.63) is 127 Å². The first-order valence-electron chi connectivity index (χ1n) is 18.0. The van der Waals surface area contributed by atoms with Crippen molar-refractivity contribution in [2.45, 2.75) is 104 Å². The molecule has 4 rings (SSSR count). The Morgan fingerprint density at radius 3 is 1.93 bits per heavy atom.